The number of fused-ring (bicyclic) bond motifs is 2. The number of hydrogen-bond donors (Lipinski definition) is 4. The highest BCUT2D eigenvalue weighted by Crippen LogP contribution is 2.76. The summed E-state index contributed by atoms with van der Waals surface area (Å²) in [6.07, 6.45) is -2.02. The summed E-state index contributed by atoms with van der Waals surface area (Å²) in [7, 11) is 0. The first-order valence-corrected chi connectivity index (χ1v) is 10.7. The van der Waals surface area contributed by atoms with E-state index >= 15 is 0 Å². The lowest BCUT2D eigenvalue weighted by molar-refractivity contribution is -0.457. The van der Waals surface area contributed by atoms with Crippen LogP contribution in [0, 0.1) is 34.0 Å². The number of carbonyl (C=O) groups excluding carboxylic acids is 2. The van der Waals surface area contributed by atoms with E-state index in [0.717, 1.165) is 0 Å². The van der Waals surface area contributed by atoms with Gasteiger partial charge in [0.05, 0.1) is 30.8 Å². The summed E-state index contributed by atoms with van der Waals surface area (Å²) < 4.78 is 11.2. The highest BCUT2D eigenvalue weighted by Gasteiger charge is 2.86. The zero-order valence-electron chi connectivity index (χ0n) is 17.3. The Hall–Kier alpha value is -1.32. The molecule has 0 radical (unpaired) electrons. The summed E-state index contributed by atoms with van der Waals surface area (Å²) >= 11 is 0. The Kier molecular flexibility index (Phi) is 4.06. The van der Waals surface area contributed by atoms with E-state index in [-0.39, 0.29) is 31.3 Å². The SMILES string of the molecule is C=C1C(=O)C23C[C@H]1C[C@@H](O)[C@H]2[C@]12COC3(O)[C@@H](O)[C@@H]1[C@](C)(COC(C)=O)CC[C@H]2O. The van der Waals surface area contributed by atoms with Gasteiger partial charge >= 0.3 is 5.97 Å². The largest absolute Gasteiger partial charge is 0.465 e. The number of rotatable bonds is 2. The Morgan fingerprint density at radius 1 is 1.30 bits per heavy atom. The van der Waals surface area contributed by atoms with Crippen LogP contribution >= 0.6 is 0 Å². The van der Waals surface area contributed by atoms with E-state index < -0.39 is 58.1 Å². The molecule has 4 bridgehead atoms. The van der Waals surface area contributed by atoms with Crippen molar-refractivity contribution in [2.45, 2.75) is 63.6 Å². The zero-order chi connectivity index (χ0) is 21.9. The molecule has 0 aromatic rings. The number of hydrogen-bond acceptors (Lipinski definition) is 8. The van der Waals surface area contributed by atoms with E-state index in [9.17, 15) is 30.0 Å². The lowest BCUT2D eigenvalue weighted by Gasteiger charge is -2.74. The van der Waals surface area contributed by atoms with Gasteiger partial charge in [0.2, 0.25) is 5.79 Å². The van der Waals surface area contributed by atoms with Gasteiger partial charge in [-0.25, -0.2) is 0 Å². The van der Waals surface area contributed by atoms with Crippen molar-refractivity contribution in [1.82, 2.24) is 0 Å². The molecule has 2 unspecified atom stereocenters. The minimum Gasteiger partial charge on any atom is -0.465 e. The van der Waals surface area contributed by atoms with Crippen LogP contribution in [0.5, 0.6) is 0 Å². The molecular formula is C22H30O8. The Morgan fingerprint density at radius 2 is 2.00 bits per heavy atom. The Labute approximate surface area is 174 Å². The molecule has 30 heavy (non-hydrogen) atoms. The zero-order valence-corrected chi connectivity index (χ0v) is 17.3. The van der Waals surface area contributed by atoms with Gasteiger partial charge in [-0.1, -0.05) is 13.5 Å². The third kappa shape index (κ3) is 2.00. The van der Waals surface area contributed by atoms with E-state index in [1.165, 1.54) is 6.92 Å². The molecule has 2 aliphatic heterocycles. The molecule has 4 saturated carbocycles. The van der Waals surface area contributed by atoms with Crippen molar-refractivity contribution >= 4 is 11.8 Å². The van der Waals surface area contributed by atoms with Crippen molar-refractivity contribution < 1.29 is 39.5 Å². The lowest BCUT2D eigenvalue weighted by Crippen LogP contribution is -2.85. The van der Waals surface area contributed by atoms with Crippen molar-refractivity contribution in [2.75, 3.05) is 13.2 Å². The Morgan fingerprint density at radius 3 is 2.67 bits per heavy atom. The van der Waals surface area contributed by atoms with E-state index in [4.69, 9.17) is 9.47 Å². The van der Waals surface area contributed by atoms with Gasteiger partial charge in [-0.3, -0.25) is 9.59 Å². The second-order valence-corrected chi connectivity index (χ2v) is 10.5. The van der Waals surface area contributed by atoms with Crippen molar-refractivity contribution in [3.8, 4) is 0 Å². The minimum absolute atomic E-state index is 0.00764. The van der Waals surface area contributed by atoms with Crippen molar-refractivity contribution in [2.24, 2.45) is 34.0 Å². The van der Waals surface area contributed by atoms with Crippen LogP contribution in [-0.2, 0) is 19.1 Å². The van der Waals surface area contributed by atoms with Crippen LogP contribution in [0.15, 0.2) is 12.2 Å². The number of ether oxygens (including phenoxy) is 2. The molecule has 166 valence electrons. The molecule has 2 spiro atoms. The van der Waals surface area contributed by atoms with Crippen LogP contribution in [-0.4, -0.2) is 69.5 Å². The van der Waals surface area contributed by atoms with E-state index in [1.807, 2.05) is 6.92 Å². The average Bonchev–Trinajstić information content (AvgIpc) is 2.88. The number of aliphatic hydroxyl groups excluding tert-OH is 3. The predicted octanol–water partition coefficient (Wildman–Crippen LogP) is -0.0812. The second-order valence-electron chi connectivity index (χ2n) is 10.5. The fraction of sp³-hybridized carbons (Fsp3) is 0.818. The molecule has 4 aliphatic carbocycles. The van der Waals surface area contributed by atoms with Crippen LogP contribution in [0.1, 0.15) is 39.5 Å². The van der Waals surface area contributed by atoms with Crippen molar-refractivity contribution in [1.29, 1.82) is 0 Å². The molecule has 8 nitrogen and oxygen atoms in total. The molecule has 0 amide bonds. The molecule has 6 rings (SSSR count). The predicted molar refractivity (Wildman–Crippen MR) is 102 cm³/mol. The summed E-state index contributed by atoms with van der Waals surface area (Å²) in [4.78, 5) is 25.0. The molecule has 2 heterocycles. The van der Waals surface area contributed by atoms with Gasteiger partial charge in [-0.05, 0) is 37.2 Å². The lowest BCUT2D eigenvalue weighted by atomic mass is 9.35. The number of esters is 1. The molecule has 6 aliphatic rings. The normalized spacial score (nSPS) is 56.5. The fourth-order valence-corrected chi connectivity index (χ4v) is 8.14. The fourth-order valence-electron chi connectivity index (χ4n) is 8.14. The third-order valence-electron chi connectivity index (χ3n) is 9.22. The standard InChI is InChI=1S/C22H30O8/c1-10-12-6-13(24)15-20-9-30-22(28,21(15,7-12)17(10)26)18(27)16(20)19(3,5-4-14(20)25)8-29-11(2)23/h12-16,18,24-25,27-28H,1,4-9H2,2-3H3/t12-,13-,14-,15+,16-,18+,19+,20-,21?,22?/m1/s1. The van der Waals surface area contributed by atoms with Gasteiger partial charge < -0.3 is 29.9 Å². The monoisotopic (exact) mass is 422 g/mol. The molecule has 0 aromatic heterocycles. The van der Waals surface area contributed by atoms with Crippen LogP contribution in [0.25, 0.3) is 0 Å². The molecule has 10 atom stereocenters. The quantitative estimate of drug-likeness (QED) is 0.359. The highest BCUT2D eigenvalue weighted by atomic mass is 16.6. The summed E-state index contributed by atoms with van der Waals surface area (Å²) in [6, 6.07) is 0. The topological polar surface area (TPSA) is 134 Å². The first-order chi connectivity index (χ1) is 14.0. The van der Waals surface area contributed by atoms with Crippen LogP contribution in [0.3, 0.4) is 0 Å². The second kappa shape index (κ2) is 5.92. The summed E-state index contributed by atoms with van der Waals surface area (Å²) in [5.74, 6) is -4.84. The van der Waals surface area contributed by atoms with E-state index in [2.05, 4.69) is 6.58 Å². The van der Waals surface area contributed by atoms with Crippen molar-refractivity contribution in [3.63, 3.8) is 0 Å². The first-order valence-electron chi connectivity index (χ1n) is 10.7. The molecule has 4 N–H and O–H groups in total. The summed E-state index contributed by atoms with van der Waals surface area (Å²) in [5, 5.41) is 45.8. The molecule has 0 aromatic carbocycles. The van der Waals surface area contributed by atoms with Gasteiger partial charge in [-0.15, -0.1) is 0 Å². The number of Topliss-reactive ketones (excluding diaryl/α,β-unsaturated/α-hetero) is 1. The van der Waals surface area contributed by atoms with Gasteiger partial charge in [-0.2, -0.15) is 0 Å². The highest BCUT2D eigenvalue weighted by molar-refractivity contribution is 6.04. The number of carbonyl (C=O) groups is 2. The van der Waals surface area contributed by atoms with Gasteiger partial charge in [0.1, 0.15) is 6.10 Å². The maximum Gasteiger partial charge on any atom is 0.302 e. The Bertz CT molecular complexity index is 841. The number of ketones is 1. The maximum absolute atomic E-state index is 13.5. The van der Waals surface area contributed by atoms with Gasteiger partial charge in [0.15, 0.2) is 5.78 Å². The van der Waals surface area contributed by atoms with Gasteiger partial charge in [0.25, 0.3) is 0 Å². The summed E-state index contributed by atoms with van der Waals surface area (Å²) in [5.41, 5.74) is -3.11. The maximum atomic E-state index is 13.5. The minimum atomic E-state index is -2.20. The molecule has 6 fully saturated rings. The van der Waals surface area contributed by atoms with Crippen LogP contribution in [0.2, 0.25) is 0 Å². The Balaban J connectivity index is 1.72. The molecule has 2 saturated heterocycles. The first kappa shape index (κ1) is 20.6. The average molecular weight is 422 g/mol. The van der Waals surface area contributed by atoms with E-state index in [1.54, 1.807) is 0 Å². The van der Waals surface area contributed by atoms with Crippen LogP contribution < -0.4 is 0 Å². The smallest absolute Gasteiger partial charge is 0.302 e. The van der Waals surface area contributed by atoms with Gasteiger partial charge in [0, 0.05) is 29.6 Å². The third-order valence-corrected chi connectivity index (χ3v) is 9.22. The van der Waals surface area contributed by atoms with Crippen LogP contribution in [0.4, 0.5) is 0 Å². The molecule has 8 heteroatoms. The van der Waals surface area contributed by atoms with E-state index in [0.29, 0.717) is 24.8 Å². The molecular weight excluding hydrogens is 392 g/mol. The summed E-state index contributed by atoms with van der Waals surface area (Å²) in [6.45, 7) is 7.00. The number of allylic oxidation sites excluding steroid dienone is 1. The number of aliphatic hydroxyl groups is 4. The van der Waals surface area contributed by atoms with Crippen molar-refractivity contribution in [3.05, 3.63) is 12.2 Å².